The number of benzene rings is 2. The van der Waals surface area contributed by atoms with Crippen molar-refractivity contribution in [3.05, 3.63) is 65.7 Å². The fourth-order valence-corrected chi connectivity index (χ4v) is 2.27. The predicted octanol–water partition coefficient (Wildman–Crippen LogP) is 3.43. The Hall–Kier alpha value is -1.41. The zero-order valence-corrected chi connectivity index (χ0v) is 10.9. The minimum Gasteiger partial charge on any atom is -0.427 e. The van der Waals surface area contributed by atoms with E-state index in [1.54, 1.807) is 6.07 Å². The molecule has 0 aromatic heterocycles. The van der Waals surface area contributed by atoms with E-state index in [2.05, 4.69) is 6.92 Å². The Morgan fingerprint density at radius 3 is 2.22 bits per heavy atom. The molecule has 0 heterocycles. The summed E-state index contributed by atoms with van der Waals surface area (Å²) in [6.45, 7) is 2.06. The summed E-state index contributed by atoms with van der Waals surface area (Å²) in [7, 11) is -2.39. The van der Waals surface area contributed by atoms with Gasteiger partial charge < -0.3 is 14.3 Å². The van der Waals surface area contributed by atoms with Crippen molar-refractivity contribution >= 4 is 8.60 Å². The van der Waals surface area contributed by atoms with Crippen LogP contribution in [0, 0.1) is 0 Å². The highest BCUT2D eigenvalue weighted by Gasteiger charge is 2.15. The second-order valence-corrected chi connectivity index (χ2v) is 4.70. The van der Waals surface area contributed by atoms with Crippen LogP contribution in [0.25, 0.3) is 0 Å². The van der Waals surface area contributed by atoms with Crippen LogP contribution in [-0.2, 0) is 0 Å². The molecule has 0 amide bonds. The molecule has 1 atom stereocenters. The quantitative estimate of drug-likeness (QED) is 0.830. The number of para-hydroxylation sites is 1. The molecule has 3 nitrogen and oxygen atoms in total. The molecule has 2 N–H and O–H groups in total. The summed E-state index contributed by atoms with van der Waals surface area (Å²) in [6.07, 6.45) is 0. The van der Waals surface area contributed by atoms with Gasteiger partial charge in [0.05, 0.1) is 0 Å². The van der Waals surface area contributed by atoms with Crippen LogP contribution >= 0.6 is 8.60 Å². The first-order valence-electron chi connectivity index (χ1n) is 5.68. The van der Waals surface area contributed by atoms with Gasteiger partial charge in [-0.3, -0.25) is 0 Å². The average molecular weight is 262 g/mol. The van der Waals surface area contributed by atoms with E-state index in [0.29, 0.717) is 5.75 Å². The highest BCUT2D eigenvalue weighted by Crippen LogP contribution is 2.37. The highest BCUT2D eigenvalue weighted by atomic mass is 31.2. The first kappa shape index (κ1) is 13.0. The van der Waals surface area contributed by atoms with Crippen LogP contribution < -0.4 is 4.52 Å². The Bertz CT molecular complexity index is 499. The Labute approximate surface area is 108 Å². The molecular weight excluding hydrogens is 247 g/mol. The summed E-state index contributed by atoms with van der Waals surface area (Å²) >= 11 is 0. The maximum Gasteiger partial charge on any atom is 0.391 e. The highest BCUT2D eigenvalue weighted by molar-refractivity contribution is 7.39. The average Bonchev–Trinajstić information content (AvgIpc) is 2.39. The van der Waals surface area contributed by atoms with Gasteiger partial charge in [0.15, 0.2) is 0 Å². The molecule has 0 spiro atoms. The molecule has 0 saturated carbocycles. The van der Waals surface area contributed by atoms with Gasteiger partial charge in [-0.15, -0.1) is 0 Å². The van der Waals surface area contributed by atoms with Crippen molar-refractivity contribution in [3.8, 4) is 5.75 Å². The Balaban J connectivity index is 2.33. The van der Waals surface area contributed by atoms with E-state index in [1.807, 2.05) is 48.5 Å². The van der Waals surface area contributed by atoms with Crippen molar-refractivity contribution in [3.63, 3.8) is 0 Å². The molecule has 0 aliphatic heterocycles. The van der Waals surface area contributed by atoms with E-state index in [-0.39, 0.29) is 5.92 Å². The van der Waals surface area contributed by atoms with E-state index in [0.717, 1.165) is 11.1 Å². The molecule has 2 aromatic rings. The van der Waals surface area contributed by atoms with Gasteiger partial charge in [-0.25, -0.2) is 0 Å². The van der Waals surface area contributed by atoms with Gasteiger partial charge in [-0.2, -0.15) is 0 Å². The summed E-state index contributed by atoms with van der Waals surface area (Å²) in [5.41, 5.74) is 2.10. The van der Waals surface area contributed by atoms with Crippen LogP contribution in [0.5, 0.6) is 5.75 Å². The molecule has 0 radical (unpaired) electrons. The van der Waals surface area contributed by atoms with Crippen LogP contribution in [0.2, 0.25) is 0 Å². The maximum absolute atomic E-state index is 8.98. The Kier molecular flexibility index (Phi) is 4.32. The van der Waals surface area contributed by atoms with E-state index in [1.165, 1.54) is 0 Å². The second kappa shape index (κ2) is 5.96. The van der Waals surface area contributed by atoms with Crippen molar-refractivity contribution < 1.29 is 14.3 Å². The third-order valence-corrected chi connectivity index (χ3v) is 3.23. The van der Waals surface area contributed by atoms with Gasteiger partial charge in [0.2, 0.25) is 0 Å². The summed E-state index contributed by atoms with van der Waals surface area (Å²) < 4.78 is 5.06. The van der Waals surface area contributed by atoms with Crippen molar-refractivity contribution in [1.82, 2.24) is 0 Å². The predicted molar refractivity (Wildman–Crippen MR) is 72.4 cm³/mol. The minimum atomic E-state index is -2.39. The Morgan fingerprint density at radius 1 is 0.944 bits per heavy atom. The first-order valence-corrected chi connectivity index (χ1v) is 6.84. The lowest BCUT2D eigenvalue weighted by Crippen LogP contribution is -1.99. The maximum atomic E-state index is 8.98. The molecule has 0 aliphatic rings. The number of rotatable bonds is 4. The van der Waals surface area contributed by atoms with Gasteiger partial charge in [0.25, 0.3) is 0 Å². The van der Waals surface area contributed by atoms with Crippen LogP contribution in [0.3, 0.4) is 0 Å². The largest absolute Gasteiger partial charge is 0.427 e. The molecule has 0 aliphatic carbocycles. The van der Waals surface area contributed by atoms with E-state index < -0.39 is 8.60 Å². The monoisotopic (exact) mass is 262 g/mol. The number of hydrogen-bond donors (Lipinski definition) is 2. The third kappa shape index (κ3) is 3.08. The zero-order valence-electron chi connectivity index (χ0n) is 10.0. The summed E-state index contributed by atoms with van der Waals surface area (Å²) in [5, 5.41) is 0. The first-order chi connectivity index (χ1) is 8.68. The molecular formula is C14H15O3P. The topological polar surface area (TPSA) is 49.7 Å². The Morgan fingerprint density at radius 2 is 1.56 bits per heavy atom. The summed E-state index contributed by atoms with van der Waals surface area (Å²) in [6, 6.07) is 17.4. The van der Waals surface area contributed by atoms with E-state index in [9.17, 15) is 0 Å². The molecule has 4 heteroatoms. The molecule has 0 saturated heterocycles. The lowest BCUT2D eigenvalue weighted by Gasteiger charge is -2.17. The molecule has 1 unspecified atom stereocenters. The van der Waals surface area contributed by atoms with Crippen molar-refractivity contribution in [2.45, 2.75) is 12.8 Å². The molecule has 94 valence electrons. The smallest absolute Gasteiger partial charge is 0.391 e. The van der Waals surface area contributed by atoms with E-state index in [4.69, 9.17) is 14.3 Å². The van der Waals surface area contributed by atoms with Gasteiger partial charge >= 0.3 is 8.60 Å². The molecule has 2 rings (SSSR count). The normalized spacial score (nSPS) is 12.4. The second-order valence-electron chi connectivity index (χ2n) is 4.01. The minimum absolute atomic E-state index is 0.136. The third-order valence-electron chi connectivity index (χ3n) is 2.87. The SMILES string of the molecule is CC(c1ccccc1)c1ccccc1OP(O)O. The van der Waals surface area contributed by atoms with Crippen LogP contribution in [0.4, 0.5) is 0 Å². The summed E-state index contributed by atoms with van der Waals surface area (Å²) in [5.74, 6) is 0.655. The standard InChI is InChI=1S/C14H15O3P/c1-11(12-7-3-2-4-8-12)13-9-5-6-10-14(13)17-18(15)16/h2-11,15-16H,1H3. The lowest BCUT2D eigenvalue weighted by atomic mass is 9.93. The van der Waals surface area contributed by atoms with Crippen LogP contribution in [-0.4, -0.2) is 9.79 Å². The van der Waals surface area contributed by atoms with E-state index >= 15 is 0 Å². The van der Waals surface area contributed by atoms with Crippen molar-refractivity contribution in [1.29, 1.82) is 0 Å². The molecule has 0 bridgehead atoms. The van der Waals surface area contributed by atoms with Gasteiger partial charge in [0.1, 0.15) is 5.75 Å². The van der Waals surface area contributed by atoms with Crippen LogP contribution in [0.15, 0.2) is 54.6 Å². The zero-order chi connectivity index (χ0) is 13.0. The van der Waals surface area contributed by atoms with Gasteiger partial charge in [-0.1, -0.05) is 55.5 Å². The van der Waals surface area contributed by atoms with Crippen molar-refractivity contribution in [2.75, 3.05) is 0 Å². The summed E-state index contributed by atoms with van der Waals surface area (Å²) in [4.78, 5) is 18.0. The van der Waals surface area contributed by atoms with Crippen molar-refractivity contribution in [2.24, 2.45) is 0 Å². The van der Waals surface area contributed by atoms with Gasteiger partial charge in [0, 0.05) is 11.5 Å². The molecule has 18 heavy (non-hydrogen) atoms. The molecule has 0 fully saturated rings. The lowest BCUT2D eigenvalue weighted by molar-refractivity contribution is 0.373. The molecule has 2 aromatic carbocycles. The fourth-order valence-electron chi connectivity index (χ4n) is 1.93. The van der Waals surface area contributed by atoms with Crippen LogP contribution in [0.1, 0.15) is 24.0 Å². The fraction of sp³-hybridized carbons (Fsp3) is 0.143. The number of hydrogen-bond acceptors (Lipinski definition) is 3. The van der Waals surface area contributed by atoms with Gasteiger partial charge in [-0.05, 0) is 11.6 Å².